The molecule has 158 valence electrons. The molecule has 0 amide bonds. The molecule has 2 aliphatic carbocycles. The third kappa shape index (κ3) is 3.31. The summed E-state index contributed by atoms with van der Waals surface area (Å²) in [6.45, 7) is 3.22. The van der Waals surface area contributed by atoms with E-state index in [1.54, 1.807) is 0 Å². The number of anilines is 3. The summed E-state index contributed by atoms with van der Waals surface area (Å²) in [4.78, 5) is 24.3. The maximum Gasteiger partial charge on any atom is 0.316 e. The first-order chi connectivity index (χ1) is 14.7. The van der Waals surface area contributed by atoms with E-state index in [4.69, 9.17) is 19.4 Å². The van der Waals surface area contributed by atoms with E-state index in [-0.39, 0.29) is 5.97 Å². The summed E-state index contributed by atoms with van der Waals surface area (Å²) in [7, 11) is 1.47. The van der Waals surface area contributed by atoms with Gasteiger partial charge in [-0.05, 0) is 49.8 Å². The average molecular weight is 409 g/mol. The number of nitrogens with one attached hydrogen (secondary N) is 1. The lowest BCUT2D eigenvalue weighted by atomic mass is 9.64. The molecule has 1 saturated carbocycles. The normalized spacial score (nSPS) is 19.7. The van der Waals surface area contributed by atoms with Crippen molar-refractivity contribution in [3.63, 3.8) is 0 Å². The Morgan fingerprint density at radius 3 is 2.53 bits per heavy atom. The highest BCUT2D eigenvalue weighted by atomic mass is 16.5. The summed E-state index contributed by atoms with van der Waals surface area (Å²) in [6.07, 6.45) is 5.95. The monoisotopic (exact) mass is 408 g/mol. The quantitative estimate of drug-likeness (QED) is 0.762. The number of carbonyl (C=O) groups is 1. The van der Waals surface area contributed by atoms with Gasteiger partial charge >= 0.3 is 5.97 Å². The first-order valence-corrected chi connectivity index (χ1v) is 10.9. The number of morpholine rings is 1. The first kappa shape index (κ1) is 19.3. The zero-order chi connectivity index (χ0) is 20.6. The Bertz CT molecular complexity index is 934. The van der Waals surface area contributed by atoms with Gasteiger partial charge in [0.15, 0.2) is 0 Å². The highest BCUT2D eigenvalue weighted by Crippen LogP contribution is 2.45. The van der Waals surface area contributed by atoms with Crippen molar-refractivity contribution >= 4 is 23.4 Å². The highest BCUT2D eigenvalue weighted by Gasteiger charge is 2.46. The van der Waals surface area contributed by atoms with Gasteiger partial charge in [-0.3, -0.25) is 4.79 Å². The molecule has 1 aliphatic heterocycles. The second kappa shape index (κ2) is 7.87. The highest BCUT2D eigenvalue weighted by molar-refractivity contribution is 5.84. The molecule has 30 heavy (non-hydrogen) atoms. The Kier molecular flexibility index (Phi) is 5.06. The molecule has 2 fully saturated rings. The van der Waals surface area contributed by atoms with Crippen molar-refractivity contribution in [2.75, 3.05) is 43.6 Å². The van der Waals surface area contributed by atoms with Gasteiger partial charge in [-0.25, -0.2) is 4.98 Å². The number of nitrogens with zero attached hydrogens (tertiary/aromatic N) is 3. The SMILES string of the molecule is COC(=O)C1(c2ccc(Nc3nc4c(c(N5CCOCC5)n3)CCC4)cc2)CCC1. The van der Waals surface area contributed by atoms with Gasteiger partial charge in [0.05, 0.1) is 31.4 Å². The zero-order valence-electron chi connectivity index (χ0n) is 17.4. The predicted octanol–water partition coefficient (Wildman–Crippen LogP) is 3.14. The Labute approximate surface area is 176 Å². The second-order valence-electron chi connectivity index (χ2n) is 8.38. The third-order valence-electron chi connectivity index (χ3n) is 6.70. The number of methoxy groups -OCH3 is 1. The number of hydrogen-bond acceptors (Lipinski definition) is 7. The Hall–Kier alpha value is -2.67. The molecule has 1 aromatic heterocycles. The van der Waals surface area contributed by atoms with Crippen LogP contribution >= 0.6 is 0 Å². The molecule has 0 spiro atoms. The summed E-state index contributed by atoms with van der Waals surface area (Å²) in [5.74, 6) is 1.56. The Morgan fingerprint density at radius 1 is 1.10 bits per heavy atom. The van der Waals surface area contributed by atoms with Crippen molar-refractivity contribution in [3.05, 3.63) is 41.1 Å². The molecule has 7 nitrogen and oxygen atoms in total. The van der Waals surface area contributed by atoms with Crippen LogP contribution in [0.25, 0.3) is 0 Å². The van der Waals surface area contributed by atoms with Crippen LogP contribution in [0.3, 0.4) is 0 Å². The summed E-state index contributed by atoms with van der Waals surface area (Å²) in [6, 6.07) is 8.05. The number of ether oxygens (including phenoxy) is 2. The molecule has 0 unspecified atom stereocenters. The maximum absolute atomic E-state index is 12.3. The fourth-order valence-electron chi connectivity index (χ4n) is 4.84. The third-order valence-corrected chi connectivity index (χ3v) is 6.70. The van der Waals surface area contributed by atoms with E-state index in [9.17, 15) is 4.79 Å². The molecule has 2 aromatic rings. The largest absolute Gasteiger partial charge is 0.468 e. The number of esters is 1. The fourth-order valence-corrected chi connectivity index (χ4v) is 4.84. The van der Waals surface area contributed by atoms with Crippen molar-refractivity contribution in [1.82, 2.24) is 9.97 Å². The minimum absolute atomic E-state index is 0.133. The zero-order valence-corrected chi connectivity index (χ0v) is 17.4. The molecular weight excluding hydrogens is 380 g/mol. The van der Waals surface area contributed by atoms with Gasteiger partial charge in [-0.1, -0.05) is 18.6 Å². The molecule has 3 aliphatic rings. The van der Waals surface area contributed by atoms with Crippen LogP contribution in [0.1, 0.15) is 42.5 Å². The molecule has 0 radical (unpaired) electrons. The number of aromatic nitrogens is 2. The molecule has 7 heteroatoms. The summed E-state index contributed by atoms with van der Waals surface area (Å²) < 4.78 is 10.6. The fraction of sp³-hybridized carbons (Fsp3) is 0.522. The standard InChI is InChI=1S/C23H28N4O3/c1-29-21(28)23(10-3-11-23)16-6-8-17(9-7-16)24-22-25-19-5-2-4-18(19)20(26-22)27-12-14-30-15-13-27/h6-9H,2-5,10-15H2,1H3,(H,24,25,26). The van der Waals surface area contributed by atoms with E-state index in [2.05, 4.69) is 10.2 Å². The van der Waals surface area contributed by atoms with Crippen LogP contribution in [0.15, 0.2) is 24.3 Å². The van der Waals surface area contributed by atoms with E-state index >= 15 is 0 Å². The summed E-state index contributed by atoms with van der Waals surface area (Å²) >= 11 is 0. The Balaban J connectivity index is 1.39. The van der Waals surface area contributed by atoms with Gasteiger partial charge in [-0.15, -0.1) is 0 Å². The van der Waals surface area contributed by atoms with Crippen LogP contribution in [0.4, 0.5) is 17.5 Å². The average Bonchev–Trinajstić information content (AvgIpc) is 3.22. The molecule has 0 bridgehead atoms. The molecular formula is C23H28N4O3. The van der Waals surface area contributed by atoms with Crippen molar-refractivity contribution in [3.8, 4) is 0 Å². The maximum atomic E-state index is 12.3. The van der Waals surface area contributed by atoms with E-state index in [0.717, 1.165) is 87.6 Å². The smallest absolute Gasteiger partial charge is 0.316 e. The number of benzene rings is 1. The molecule has 1 N–H and O–H groups in total. The number of aryl methyl sites for hydroxylation is 1. The molecule has 1 saturated heterocycles. The molecule has 5 rings (SSSR count). The lowest BCUT2D eigenvalue weighted by molar-refractivity contribution is -0.151. The van der Waals surface area contributed by atoms with Crippen LogP contribution in [0, 0.1) is 0 Å². The number of rotatable bonds is 5. The van der Waals surface area contributed by atoms with Crippen LogP contribution < -0.4 is 10.2 Å². The van der Waals surface area contributed by atoms with Gasteiger partial charge in [0, 0.05) is 24.3 Å². The van der Waals surface area contributed by atoms with Crippen molar-refractivity contribution in [2.24, 2.45) is 0 Å². The van der Waals surface area contributed by atoms with Crippen LogP contribution in [0.5, 0.6) is 0 Å². The van der Waals surface area contributed by atoms with E-state index in [1.807, 2.05) is 24.3 Å². The van der Waals surface area contributed by atoms with Gasteiger partial charge < -0.3 is 19.7 Å². The topological polar surface area (TPSA) is 76.6 Å². The lowest BCUT2D eigenvalue weighted by Crippen LogP contribution is -2.43. The van der Waals surface area contributed by atoms with Crippen LogP contribution in [0.2, 0.25) is 0 Å². The van der Waals surface area contributed by atoms with Crippen molar-refractivity contribution < 1.29 is 14.3 Å². The summed E-state index contributed by atoms with van der Waals surface area (Å²) in [5.41, 5.74) is 3.92. The minimum atomic E-state index is -0.471. The molecule has 0 atom stereocenters. The predicted molar refractivity (Wildman–Crippen MR) is 114 cm³/mol. The lowest BCUT2D eigenvalue weighted by Gasteiger charge is -2.39. The second-order valence-corrected chi connectivity index (χ2v) is 8.38. The molecule has 2 heterocycles. The van der Waals surface area contributed by atoms with Crippen LogP contribution in [-0.4, -0.2) is 49.4 Å². The molecule has 1 aromatic carbocycles. The van der Waals surface area contributed by atoms with Gasteiger partial charge in [0.2, 0.25) is 5.95 Å². The van der Waals surface area contributed by atoms with Crippen molar-refractivity contribution in [2.45, 2.75) is 43.9 Å². The first-order valence-electron chi connectivity index (χ1n) is 10.9. The number of carbonyl (C=O) groups excluding carboxylic acids is 1. The van der Waals surface area contributed by atoms with Crippen molar-refractivity contribution in [1.29, 1.82) is 0 Å². The summed E-state index contributed by atoms with van der Waals surface area (Å²) in [5, 5.41) is 3.37. The van der Waals surface area contributed by atoms with E-state index in [0.29, 0.717) is 5.95 Å². The van der Waals surface area contributed by atoms with Crippen LogP contribution in [-0.2, 0) is 32.5 Å². The van der Waals surface area contributed by atoms with Gasteiger partial charge in [0.1, 0.15) is 5.82 Å². The number of hydrogen-bond donors (Lipinski definition) is 1. The Morgan fingerprint density at radius 2 is 1.87 bits per heavy atom. The van der Waals surface area contributed by atoms with Gasteiger partial charge in [0.25, 0.3) is 0 Å². The van der Waals surface area contributed by atoms with E-state index < -0.39 is 5.41 Å². The number of fused-ring (bicyclic) bond motifs is 1. The van der Waals surface area contributed by atoms with Gasteiger partial charge in [-0.2, -0.15) is 4.98 Å². The minimum Gasteiger partial charge on any atom is -0.468 e. The van der Waals surface area contributed by atoms with E-state index in [1.165, 1.54) is 12.7 Å².